The highest BCUT2D eigenvalue weighted by Crippen LogP contribution is 2.17. The van der Waals surface area contributed by atoms with Crippen LogP contribution in [0.3, 0.4) is 0 Å². The van der Waals surface area contributed by atoms with E-state index in [4.69, 9.17) is 0 Å². The first kappa shape index (κ1) is 20.0. The average Bonchev–Trinajstić information content (AvgIpc) is 2.98. The van der Waals surface area contributed by atoms with E-state index in [-0.39, 0.29) is 29.5 Å². The van der Waals surface area contributed by atoms with Crippen LogP contribution >= 0.6 is 24.0 Å². The third-order valence-electron chi connectivity index (χ3n) is 3.50. The van der Waals surface area contributed by atoms with Crippen molar-refractivity contribution in [3.8, 4) is 0 Å². The summed E-state index contributed by atoms with van der Waals surface area (Å²) in [6, 6.07) is 4.24. The van der Waals surface area contributed by atoms with Crippen LogP contribution < -0.4 is 15.5 Å². The Labute approximate surface area is 157 Å². The highest BCUT2D eigenvalue weighted by atomic mass is 127. The Morgan fingerprint density at radius 2 is 1.96 bits per heavy atom. The normalized spacial score (nSPS) is 15.3. The first-order valence-corrected chi connectivity index (χ1v) is 8.24. The van der Waals surface area contributed by atoms with Crippen molar-refractivity contribution >= 4 is 35.8 Å². The molecule has 0 amide bonds. The maximum absolute atomic E-state index is 4.64. The fraction of sp³-hybridized carbons (Fsp3) is 0.647. The number of hydrogen-bond donors (Lipinski definition) is 2. The Balaban J connectivity index is 0.00000264. The van der Waals surface area contributed by atoms with Crippen LogP contribution in [0.5, 0.6) is 0 Å². The van der Waals surface area contributed by atoms with Crippen molar-refractivity contribution in [2.24, 2.45) is 4.99 Å². The van der Waals surface area contributed by atoms with E-state index in [9.17, 15) is 0 Å². The summed E-state index contributed by atoms with van der Waals surface area (Å²) in [5.41, 5.74) is 1.13. The number of pyridine rings is 1. The van der Waals surface area contributed by atoms with Crippen LogP contribution in [-0.4, -0.2) is 36.1 Å². The molecular formula is C17H30IN5. The number of nitrogens with one attached hydrogen (secondary N) is 2. The summed E-state index contributed by atoms with van der Waals surface area (Å²) in [6.45, 7) is 12.2. The molecule has 1 aromatic rings. The zero-order valence-electron chi connectivity index (χ0n) is 14.7. The van der Waals surface area contributed by atoms with Crippen LogP contribution in [0.1, 0.15) is 46.1 Å². The molecule has 5 nitrogen and oxygen atoms in total. The Hall–Kier alpha value is -1.05. The summed E-state index contributed by atoms with van der Waals surface area (Å²) in [5.74, 6) is 1.93. The van der Waals surface area contributed by atoms with Gasteiger partial charge in [-0.25, -0.2) is 9.98 Å². The van der Waals surface area contributed by atoms with Crippen LogP contribution in [0.4, 0.5) is 5.82 Å². The maximum atomic E-state index is 4.64. The van der Waals surface area contributed by atoms with Gasteiger partial charge in [-0.1, -0.05) is 6.07 Å². The molecule has 1 saturated heterocycles. The predicted octanol–water partition coefficient (Wildman–Crippen LogP) is 3.15. The van der Waals surface area contributed by atoms with Gasteiger partial charge in [0.2, 0.25) is 0 Å². The third kappa shape index (κ3) is 6.93. The molecule has 130 valence electrons. The number of aliphatic imine (C=N–C) groups is 1. The maximum Gasteiger partial charge on any atom is 0.191 e. The van der Waals surface area contributed by atoms with E-state index in [1.165, 1.54) is 12.8 Å². The molecule has 0 radical (unpaired) electrons. The average molecular weight is 431 g/mol. The number of rotatable bonds is 4. The van der Waals surface area contributed by atoms with Gasteiger partial charge in [0, 0.05) is 31.4 Å². The van der Waals surface area contributed by atoms with Gasteiger partial charge in [-0.15, -0.1) is 24.0 Å². The monoisotopic (exact) mass is 431 g/mol. The molecule has 2 heterocycles. The minimum absolute atomic E-state index is 0. The van der Waals surface area contributed by atoms with Crippen molar-refractivity contribution in [2.75, 3.05) is 24.5 Å². The van der Waals surface area contributed by atoms with E-state index in [1.54, 1.807) is 0 Å². The van der Waals surface area contributed by atoms with E-state index in [0.717, 1.165) is 37.0 Å². The molecular weight excluding hydrogens is 401 g/mol. The van der Waals surface area contributed by atoms with Crippen molar-refractivity contribution in [1.29, 1.82) is 0 Å². The zero-order valence-corrected chi connectivity index (χ0v) is 17.1. The van der Waals surface area contributed by atoms with Crippen molar-refractivity contribution in [3.63, 3.8) is 0 Å². The fourth-order valence-electron chi connectivity index (χ4n) is 2.48. The van der Waals surface area contributed by atoms with E-state index < -0.39 is 0 Å². The number of guanidine groups is 1. The first-order valence-electron chi connectivity index (χ1n) is 8.24. The van der Waals surface area contributed by atoms with Gasteiger partial charge in [0.1, 0.15) is 5.82 Å². The summed E-state index contributed by atoms with van der Waals surface area (Å²) in [6.07, 6.45) is 4.49. The number of halogens is 1. The van der Waals surface area contributed by atoms with E-state index in [0.29, 0.717) is 6.54 Å². The molecule has 1 aliphatic heterocycles. The summed E-state index contributed by atoms with van der Waals surface area (Å²) < 4.78 is 0. The van der Waals surface area contributed by atoms with Crippen molar-refractivity contribution in [2.45, 2.75) is 52.6 Å². The molecule has 0 unspecified atom stereocenters. The molecule has 23 heavy (non-hydrogen) atoms. The van der Waals surface area contributed by atoms with Gasteiger partial charge in [0.25, 0.3) is 0 Å². The number of anilines is 1. The topological polar surface area (TPSA) is 52.6 Å². The SMILES string of the molecule is CCNC(=NCc1ccc(N2CCCC2)nc1)NC(C)(C)C.I. The first-order chi connectivity index (χ1) is 10.5. The van der Waals surface area contributed by atoms with Gasteiger partial charge in [-0.05, 0) is 52.2 Å². The number of nitrogens with zero attached hydrogens (tertiary/aromatic N) is 3. The molecule has 0 atom stereocenters. The molecule has 1 fully saturated rings. The summed E-state index contributed by atoms with van der Waals surface area (Å²) in [7, 11) is 0. The quantitative estimate of drug-likeness (QED) is 0.437. The molecule has 0 bridgehead atoms. The molecule has 6 heteroatoms. The van der Waals surface area contributed by atoms with Gasteiger partial charge in [-0.3, -0.25) is 0 Å². The van der Waals surface area contributed by atoms with E-state index >= 15 is 0 Å². The lowest BCUT2D eigenvalue weighted by Gasteiger charge is -2.23. The van der Waals surface area contributed by atoms with Crippen LogP contribution in [0.25, 0.3) is 0 Å². The molecule has 1 aliphatic rings. The zero-order chi connectivity index (χ0) is 16.0. The predicted molar refractivity (Wildman–Crippen MR) is 109 cm³/mol. The lowest BCUT2D eigenvalue weighted by Crippen LogP contribution is -2.47. The Kier molecular flexibility index (Phi) is 8.08. The lowest BCUT2D eigenvalue weighted by molar-refractivity contribution is 0.501. The Bertz CT molecular complexity index is 487. The highest BCUT2D eigenvalue weighted by molar-refractivity contribution is 14.0. The molecule has 0 aliphatic carbocycles. The highest BCUT2D eigenvalue weighted by Gasteiger charge is 2.13. The summed E-state index contributed by atoms with van der Waals surface area (Å²) in [4.78, 5) is 11.6. The van der Waals surface area contributed by atoms with Crippen LogP contribution in [0.15, 0.2) is 23.3 Å². The molecule has 0 aromatic carbocycles. The third-order valence-corrected chi connectivity index (χ3v) is 3.50. The van der Waals surface area contributed by atoms with Crippen LogP contribution in [0, 0.1) is 0 Å². The Morgan fingerprint density at radius 1 is 1.26 bits per heavy atom. The van der Waals surface area contributed by atoms with E-state index in [1.807, 2.05) is 6.20 Å². The molecule has 1 aromatic heterocycles. The second kappa shape index (κ2) is 9.30. The van der Waals surface area contributed by atoms with Crippen molar-refractivity contribution in [1.82, 2.24) is 15.6 Å². The second-order valence-electron chi connectivity index (χ2n) is 6.79. The largest absolute Gasteiger partial charge is 0.357 e. The standard InChI is InChI=1S/C17H29N5.HI/c1-5-18-16(21-17(2,3)4)20-13-14-8-9-15(19-12-14)22-10-6-7-11-22;/h8-9,12H,5-7,10-11,13H2,1-4H3,(H2,18,20,21);1H. The van der Waals surface area contributed by atoms with Gasteiger partial charge >= 0.3 is 0 Å². The molecule has 0 spiro atoms. The minimum atomic E-state index is -0.00113. The van der Waals surface area contributed by atoms with E-state index in [2.05, 4.69) is 65.3 Å². The van der Waals surface area contributed by atoms with Gasteiger partial charge < -0.3 is 15.5 Å². The van der Waals surface area contributed by atoms with Crippen molar-refractivity contribution in [3.05, 3.63) is 23.9 Å². The number of aromatic nitrogens is 1. The minimum Gasteiger partial charge on any atom is -0.357 e. The number of hydrogen-bond acceptors (Lipinski definition) is 3. The molecule has 2 rings (SSSR count). The second-order valence-corrected chi connectivity index (χ2v) is 6.79. The molecule has 0 saturated carbocycles. The van der Waals surface area contributed by atoms with Crippen LogP contribution in [-0.2, 0) is 6.54 Å². The Morgan fingerprint density at radius 3 is 2.48 bits per heavy atom. The van der Waals surface area contributed by atoms with Gasteiger partial charge in [0.15, 0.2) is 5.96 Å². The van der Waals surface area contributed by atoms with Gasteiger partial charge in [0.05, 0.1) is 6.54 Å². The summed E-state index contributed by atoms with van der Waals surface area (Å²) >= 11 is 0. The summed E-state index contributed by atoms with van der Waals surface area (Å²) in [5, 5.41) is 6.67. The fourth-order valence-corrected chi connectivity index (χ4v) is 2.48. The lowest BCUT2D eigenvalue weighted by atomic mass is 10.1. The van der Waals surface area contributed by atoms with Crippen molar-refractivity contribution < 1.29 is 0 Å². The van der Waals surface area contributed by atoms with Gasteiger partial charge in [-0.2, -0.15) is 0 Å². The van der Waals surface area contributed by atoms with Crippen LogP contribution in [0.2, 0.25) is 0 Å². The smallest absolute Gasteiger partial charge is 0.191 e. The molecule has 2 N–H and O–H groups in total.